The van der Waals surface area contributed by atoms with Crippen molar-refractivity contribution in [2.45, 2.75) is 31.3 Å². The molecule has 0 spiro atoms. The van der Waals surface area contributed by atoms with Crippen molar-refractivity contribution in [2.24, 2.45) is 0 Å². The van der Waals surface area contributed by atoms with Crippen molar-refractivity contribution in [3.63, 3.8) is 0 Å². The summed E-state index contributed by atoms with van der Waals surface area (Å²) in [7, 11) is 1.19. The van der Waals surface area contributed by atoms with Crippen LogP contribution in [0.4, 0.5) is 0 Å². The third kappa shape index (κ3) is 5.39. The predicted octanol–water partition coefficient (Wildman–Crippen LogP) is 0.928. The smallest absolute Gasteiger partial charge is 0.331 e. The topological polar surface area (TPSA) is 125 Å². The molecule has 2 atom stereocenters. The number of phenolic OH excluding ortho intramolecular Hbond substituents is 1. The normalized spacial score (nSPS) is 16.2. The number of nitrogens with one attached hydrogen (secondary N) is 2. The zero-order valence-electron chi connectivity index (χ0n) is 16.9. The molecule has 1 heterocycles. The Morgan fingerprint density at radius 1 is 1.16 bits per heavy atom. The Hall–Kier alpha value is -3.88. The highest BCUT2D eigenvalue weighted by Crippen LogP contribution is 2.17. The average molecular weight is 425 g/mol. The van der Waals surface area contributed by atoms with Gasteiger partial charge in [0.1, 0.15) is 11.8 Å². The molecule has 31 heavy (non-hydrogen) atoms. The number of nitrogens with zero attached hydrogens (tertiary/aromatic N) is 1. The first kappa shape index (κ1) is 21.8. The summed E-state index contributed by atoms with van der Waals surface area (Å²) < 4.78 is 4.90. The van der Waals surface area contributed by atoms with E-state index in [4.69, 9.17) is 4.74 Å². The average Bonchev–Trinajstić information content (AvgIpc) is 3.23. The Labute approximate surface area is 179 Å². The molecular formula is C22H23N3O6. The quantitative estimate of drug-likeness (QED) is 0.467. The molecule has 2 aromatic rings. The van der Waals surface area contributed by atoms with Crippen molar-refractivity contribution in [1.82, 2.24) is 15.8 Å². The molecule has 1 aliphatic heterocycles. The van der Waals surface area contributed by atoms with Crippen LogP contribution in [0.3, 0.4) is 0 Å². The van der Waals surface area contributed by atoms with Gasteiger partial charge in [-0.05, 0) is 36.2 Å². The van der Waals surface area contributed by atoms with E-state index in [0.717, 1.165) is 5.01 Å². The predicted molar refractivity (Wildman–Crippen MR) is 110 cm³/mol. The molecule has 1 fully saturated rings. The fraction of sp³-hybridized carbons (Fsp3) is 0.273. The zero-order valence-corrected chi connectivity index (χ0v) is 16.9. The number of rotatable bonds is 6. The molecule has 0 aromatic heterocycles. The molecule has 0 radical (unpaired) electrons. The van der Waals surface area contributed by atoms with Gasteiger partial charge in [-0.15, -0.1) is 0 Å². The number of hydrogen-bond acceptors (Lipinski definition) is 6. The molecular weight excluding hydrogens is 402 g/mol. The summed E-state index contributed by atoms with van der Waals surface area (Å²) in [6.45, 7) is 0. The second kappa shape index (κ2) is 9.75. The number of aromatic hydroxyl groups is 1. The lowest BCUT2D eigenvalue weighted by atomic mass is 10.0. The number of esters is 1. The van der Waals surface area contributed by atoms with Gasteiger partial charge in [-0.2, -0.15) is 0 Å². The van der Waals surface area contributed by atoms with Gasteiger partial charge in [0, 0.05) is 18.4 Å². The van der Waals surface area contributed by atoms with E-state index >= 15 is 0 Å². The number of carbonyl (C=O) groups excluding carboxylic acids is 4. The van der Waals surface area contributed by atoms with Crippen molar-refractivity contribution < 1.29 is 29.0 Å². The first-order chi connectivity index (χ1) is 14.9. The summed E-state index contributed by atoms with van der Waals surface area (Å²) >= 11 is 0. The Morgan fingerprint density at radius 3 is 2.42 bits per heavy atom. The van der Waals surface area contributed by atoms with Crippen LogP contribution in [0.2, 0.25) is 0 Å². The van der Waals surface area contributed by atoms with Crippen LogP contribution in [-0.2, 0) is 25.5 Å². The van der Waals surface area contributed by atoms with E-state index < -0.39 is 29.9 Å². The van der Waals surface area contributed by atoms with E-state index in [-0.39, 0.29) is 30.1 Å². The van der Waals surface area contributed by atoms with Crippen molar-refractivity contribution >= 4 is 23.7 Å². The minimum atomic E-state index is -1.18. The molecule has 9 nitrogen and oxygen atoms in total. The molecule has 0 unspecified atom stereocenters. The lowest BCUT2D eigenvalue weighted by molar-refractivity contribution is -0.148. The molecule has 9 heteroatoms. The number of hydrazine groups is 1. The largest absolute Gasteiger partial charge is 0.508 e. The number of carbonyl (C=O) groups is 4. The molecule has 0 bridgehead atoms. The van der Waals surface area contributed by atoms with Crippen molar-refractivity contribution in [2.75, 3.05) is 7.11 Å². The number of benzene rings is 2. The van der Waals surface area contributed by atoms with Crippen LogP contribution in [0, 0.1) is 0 Å². The number of amides is 3. The number of hydrogen-bond donors (Lipinski definition) is 3. The molecule has 3 N–H and O–H groups in total. The van der Waals surface area contributed by atoms with Gasteiger partial charge in [0.05, 0.1) is 7.11 Å². The van der Waals surface area contributed by atoms with Crippen LogP contribution >= 0.6 is 0 Å². The van der Waals surface area contributed by atoms with Crippen LogP contribution in [0.1, 0.15) is 28.8 Å². The Kier molecular flexibility index (Phi) is 6.86. The Morgan fingerprint density at radius 2 is 1.84 bits per heavy atom. The van der Waals surface area contributed by atoms with Gasteiger partial charge in [-0.1, -0.05) is 30.3 Å². The SMILES string of the molecule is COC(=O)[C@H](Cc1ccc(O)cc1)N(NC(=O)[C@@H]1CCC(=O)N1)C(=O)c1ccccc1. The molecule has 3 amide bonds. The zero-order chi connectivity index (χ0) is 22.4. The second-order valence-corrected chi connectivity index (χ2v) is 7.09. The highest BCUT2D eigenvalue weighted by molar-refractivity contribution is 5.99. The fourth-order valence-electron chi connectivity index (χ4n) is 3.27. The monoisotopic (exact) mass is 425 g/mol. The summed E-state index contributed by atoms with van der Waals surface area (Å²) in [4.78, 5) is 50.1. The van der Waals surface area contributed by atoms with Gasteiger partial charge >= 0.3 is 5.97 Å². The number of phenols is 1. The maximum Gasteiger partial charge on any atom is 0.331 e. The second-order valence-electron chi connectivity index (χ2n) is 7.09. The lowest BCUT2D eigenvalue weighted by Crippen LogP contribution is -2.58. The summed E-state index contributed by atoms with van der Waals surface area (Å²) in [5.74, 6) is -2.13. The van der Waals surface area contributed by atoms with E-state index in [1.54, 1.807) is 42.5 Å². The first-order valence-corrected chi connectivity index (χ1v) is 9.73. The van der Waals surface area contributed by atoms with E-state index in [1.807, 2.05) is 0 Å². The maximum atomic E-state index is 13.2. The Bertz CT molecular complexity index is 961. The molecule has 0 saturated carbocycles. The van der Waals surface area contributed by atoms with Gasteiger partial charge in [0.2, 0.25) is 5.91 Å². The molecule has 0 aliphatic carbocycles. The maximum absolute atomic E-state index is 13.2. The van der Waals surface area contributed by atoms with Crippen LogP contribution in [-0.4, -0.2) is 53.0 Å². The van der Waals surface area contributed by atoms with Gasteiger partial charge < -0.3 is 15.2 Å². The van der Waals surface area contributed by atoms with Crippen molar-refractivity contribution in [1.29, 1.82) is 0 Å². The Balaban J connectivity index is 1.92. The van der Waals surface area contributed by atoms with Crippen LogP contribution < -0.4 is 10.7 Å². The molecule has 1 saturated heterocycles. The van der Waals surface area contributed by atoms with Gasteiger partial charge in [-0.3, -0.25) is 19.8 Å². The summed E-state index contributed by atoms with van der Waals surface area (Å²) in [5, 5.41) is 13.0. The van der Waals surface area contributed by atoms with E-state index in [9.17, 15) is 24.3 Å². The molecule has 1 aliphatic rings. The van der Waals surface area contributed by atoms with E-state index in [0.29, 0.717) is 12.0 Å². The van der Waals surface area contributed by atoms with E-state index in [2.05, 4.69) is 10.7 Å². The number of methoxy groups -OCH3 is 1. The van der Waals surface area contributed by atoms with Crippen LogP contribution in [0.5, 0.6) is 5.75 Å². The standard InChI is InChI=1S/C22H23N3O6/c1-31-22(30)18(13-14-7-9-16(26)10-8-14)25(21(29)15-5-3-2-4-6-15)24-20(28)17-11-12-19(27)23-17/h2-10,17-18,26H,11-13H2,1H3,(H,23,27)(H,24,28)/t17-,18-/m0/s1. The van der Waals surface area contributed by atoms with Crippen molar-refractivity contribution in [3.05, 3.63) is 65.7 Å². The van der Waals surface area contributed by atoms with Crippen LogP contribution in [0.15, 0.2) is 54.6 Å². The fourth-order valence-corrected chi connectivity index (χ4v) is 3.27. The highest BCUT2D eigenvalue weighted by Gasteiger charge is 2.36. The summed E-state index contributed by atoms with van der Waals surface area (Å²) in [6, 6.07) is 12.3. The summed E-state index contributed by atoms with van der Waals surface area (Å²) in [5.41, 5.74) is 3.41. The highest BCUT2D eigenvalue weighted by atomic mass is 16.5. The van der Waals surface area contributed by atoms with Gasteiger partial charge in [-0.25, -0.2) is 9.80 Å². The van der Waals surface area contributed by atoms with Crippen LogP contribution in [0.25, 0.3) is 0 Å². The molecule has 3 rings (SSSR count). The van der Waals surface area contributed by atoms with Gasteiger partial charge in [0.25, 0.3) is 11.8 Å². The number of ether oxygens (including phenoxy) is 1. The summed E-state index contributed by atoms with van der Waals surface area (Å²) in [6.07, 6.45) is 0.528. The molecule has 2 aromatic carbocycles. The van der Waals surface area contributed by atoms with Crippen molar-refractivity contribution in [3.8, 4) is 5.75 Å². The van der Waals surface area contributed by atoms with Gasteiger partial charge in [0.15, 0.2) is 6.04 Å². The first-order valence-electron chi connectivity index (χ1n) is 9.73. The lowest BCUT2D eigenvalue weighted by Gasteiger charge is -2.31. The molecule has 162 valence electrons. The third-order valence-corrected chi connectivity index (χ3v) is 4.93. The third-order valence-electron chi connectivity index (χ3n) is 4.93. The van der Waals surface area contributed by atoms with E-state index in [1.165, 1.54) is 19.2 Å². The minimum Gasteiger partial charge on any atom is -0.508 e. The minimum absolute atomic E-state index is 0.0306.